The van der Waals surface area contributed by atoms with Crippen molar-refractivity contribution in [3.63, 3.8) is 0 Å². The summed E-state index contributed by atoms with van der Waals surface area (Å²) in [6.07, 6.45) is 18.2. The molecule has 86 heavy (non-hydrogen) atoms. The number of aliphatic hydroxyl groups excluding tert-OH is 1. The number of rotatable bonds is 28. The molecule has 0 spiro atoms. The minimum absolute atomic E-state index is 0.0278. The molecule has 7 unspecified atom stereocenters. The van der Waals surface area contributed by atoms with E-state index >= 15 is 0 Å². The van der Waals surface area contributed by atoms with Crippen LogP contribution in [0.2, 0.25) is 0 Å². The normalized spacial score (nSPS) is 37.0. The van der Waals surface area contributed by atoms with Gasteiger partial charge in [-0.15, -0.1) is 0 Å². The fraction of sp³-hybridized carbons (Fsp3) is 0.831. The lowest BCUT2D eigenvalue weighted by Gasteiger charge is -2.47. The van der Waals surface area contributed by atoms with Crippen molar-refractivity contribution in [2.24, 2.45) is 29.6 Å². The van der Waals surface area contributed by atoms with E-state index in [0.717, 1.165) is 117 Å². The van der Waals surface area contributed by atoms with E-state index in [0.29, 0.717) is 37.0 Å². The molecule has 0 saturated carbocycles. The zero-order chi connectivity index (χ0) is 61.5. The van der Waals surface area contributed by atoms with Crippen molar-refractivity contribution in [2.75, 3.05) is 20.3 Å². The van der Waals surface area contributed by atoms with E-state index in [9.17, 15) is 14.7 Å². The van der Waals surface area contributed by atoms with Gasteiger partial charge in [-0.05, 0) is 149 Å². The third-order valence-corrected chi connectivity index (χ3v) is 20.9. The summed E-state index contributed by atoms with van der Waals surface area (Å²) in [4.78, 5) is 27.3. The average molecular weight is 1200 g/mol. The Morgan fingerprint density at radius 2 is 1.52 bits per heavy atom. The van der Waals surface area contributed by atoms with Crippen LogP contribution in [0.15, 0.2) is 36.4 Å². The van der Waals surface area contributed by atoms with Crippen LogP contribution in [0.1, 0.15) is 221 Å². The molecular weight excluding hydrogens is 1090 g/mol. The fourth-order valence-electron chi connectivity index (χ4n) is 15.9. The van der Waals surface area contributed by atoms with Gasteiger partial charge in [-0.3, -0.25) is 4.79 Å². The highest BCUT2D eigenvalue weighted by atomic mass is 16.8. The molecule has 15 heteroatoms. The van der Waals surface area contributed by atoms with Crippen LogP contribution in [-0.4, -0.2) is 140 Å². The third kappa shape index (κ3) is 17.1. The number of Topliss-reactive ketones (excluding diaryl/α,β-unsaturated/α-hetero) is 1. The van der Waals surface area contributed by atoms with Gasteiger partial charge in [0, 0.05) is 51.7 Å². The van der Waals surface area contributed by atoms with Gasteiger partial charge in [0.2, 0.25) is 0 Å². The van der Waals surface area contributed by atoms with E-state index in [1.165, 1.54) is 50.5 Å². The summed E-state index contributed by atoms with van der Waals surface area (Å²) in [6.45, 7) is 31.2. The number of hydrogen-bond donors (Lipinski definition) is 2. The Bertz CT molecular complexity index is 2400. The van der Waals surface area contributed by atoms with Gasteiger partial charge in [0.1, 0.15) is 53.4 Å². The van der Waals surface area contributed by atoms with Crippen molar-refractivity contribution >= 4 is 11.9 Å². The Labute approximate surface area is 517 Å². The molecule has 21 atom stereocenters. The average Bonchev–Trinajstić information content (AvgIpc) is 1.56. The third-order valence-electron chi connectivity index (χ3n) is 20.9. The molecule has 0 aromatic heterocycles. The van der Waals surface area contributed by atoms with Gasteiger partial charge in [0.25, 0.3) is 0 Å². The van der Waals surface area contributed by atoms with Crippen LogP contribution in [0.5, 0.6) is 11.5 Å². The molecule has 486 valence electrons. The number of nitrogens with one attached hydrogen (secondary N) is 1. The van der Waals surface area contributed by atoms with E-state index in [1.807, 2.05) is 19.1 Å². The Morgan fingerprint density at radius 1 is 0.802 bits per heavy atom. The van der Waals surface area contributed by atoms with Crippen LogP contribution < -0.4 is 14.8 Å². The van der Waals surface area contributed by atoms with Gasteiger partial charge in [-0.1, -0.05) is 113 Å². The summed E-state index contributed by atoms with van der Waals surface area (Å²) in [6, 6.07) is 3.77. The second-order valence-electron chi connectivity index (χ2n) is 28.9. The lowest BCUT2D eigenvalue weighted by molar-refractivity contribution is -0.292. The molecule has 1 amide bonds. The number of ether oxygens (including phenoxy) is 11. The molecule has 9 fully saturated rings. The topological polar surface area (TPSA) is 168 Å². The molecule has 2 N–H and O–H groups in total. The SMILES string of the molecule is C=C1CO[C@@H](C)C[C@H]1C.C=C1C[C@H](CC[C@@]23C[C@H]4OC5C(O2)[C@H]2OC(CC(=O)CC6[C@H](CCC)O[C@H](CC(O)CNC(=O)Oc7cc(C)c8c(c7)CC[C@@](C)(CCCC(C)CCCC(C)CCCC(C)C)O8)[C@@H]6OC)CC[C@@H]2O[C@H]5[C@H]4O3)O[C@H]1CC. The second kappa shape index (κ2) is 30.4. The van der Waals surface area contributed by atoms with Crippen molar-refractivity contribution in [1.29, 1.82) is 0 Å². The highest BCUT2D eigenvalue weighted by molar-refractivity contribution is 5.79. The molecule has 10 heterocycles. The number of ketones is 1. The largest absolute Gasteiger partial charge is 0.487 e. The summed E-state index contributed by atoms with van der Waals surface area (Å²) in [5, 5.41) is 14.0. The molecule has 0 radical (unpaired) electrons. The number of methoxy groups -OCH3 is 1. The number of amides is 1. The highest BCUT2D eigenvalue weighted by Gasteiger charge is 2.69. The fourth-order valence-corrected chi connectivity index (χ4v) is 15.9. The monoisotopic (exact) mass is 1200 g/mol. The van der Waals surface area contributed by atoms with Gasteiger partial charge in [0.15, 0.2) is 5.79 Å². The highest BCUT2D eigenvalue weighted by Crippen LogP contribution is 2.54. The minimum Gasteiger partial charge on any atom is -0.487 e. The van der Waals surface area contributed by atoms with Crippen molar-refractivity contribution in [1.82, 2.24) is 5.32 Å². The van der Waals surface area contributed by atoms with Gasteiger partial charge >= 0.3 is 6.09 Å². The molecule has 1 aromatic carbocycles. The Balaban J connectivity index is 0.000000899. The van der Waals surface area contributed by atoms with E-state index in [2.05, 4.69) is 80.8 Å². The van der Waals surface area contributed by atoms with Crippen LogP contribution in [0.4, 0.5) is 4.79 Å². The summed E-state index contributed by atoms with van der Waals surface area (Å²) in [5.74, 6) is 3.47. The number of carbonyl (C=O) groups excluding carboxylic acids is 2. The van der Waals surface area contributed by atoms with Crippen LogP contribution >= 0.6 is 0 Å². The van der Waals surface area contributed by atoms with E-state index < -0.39 is 30.2 Å². The first-order valence-corrected chi connectivity index (χ1v) is 34.2. The number of aliphatic hydroxyl groups is 1. The zero-order valence-electron chi connectivity index (χ0n) is 54.8. The second-order valence-corrected chi connectivity index (χ2v) is 28.9. The standard InChI is InChI=1S/C63H99NO13.C8H14O/c1-11-16-50-48(33-43(65)32-45-22-23-51-56(70-45)60-59-58(73-51)57-53(74-59)35-63(76-57,77-60)28-25-46-29-40(7)49(12-2)69-46)55(68-10)52(72-50)34-44(66)36-64-61(67)71-47-30-41(8)54-42(31-47)24-27-62(9,75-54)26-15-21-39(6)20-14-19-38(5)18-13-17-37(3)4;1-6-4-8(3)9-5-7(6)2/h30-31,37-39,44-46,48-53,55-60,66H,7,11-29,32-36H2,1-6,8-10H3,(H,64,67);6,8H,2,4-5H2,1,3H3/t38?,39?,44?,45?,46-,48?,49-,50-,51-,52+,53+,55+,56-,57-,58-,59?,60?,62+,63-;6-,8+/m01/s1. The predicted molar refractivity (Wildman–Crippen MR) is 333 cm³/mol. The summed E-state index contributed by atoms with van der Waals surface area (Å²) in [7, 11) is 1.64. The quantitative estimate of drug-likeness (QED) is 0.0760. The smallest absolute Gasteiger partial charge is 0.412 e. The van der Waals surface area contributed by atoms with Crippen molar-refractivity contribution in [3.8, 4) is 11.5 Å². The van der Waals surface area contributed by atoms with E-state index in [4.69, 9.17) is 52.1 Å². The molecule has 6 bridgehead atoms. The van der Waals surface area contributed by atoms with E-state index in [-0.39, 0.29) is 110 Å². The number of hydrogen-bond acceptors (Lipinski definition) is 14. The molecule has 9 saturated heterocycles. The van der Waals surface area contributed by atoms with Crippen molar-refractivity contribution in [2.45, 2.75) is 326 Å². The Kier molecular flexibility index (Phi) is 23.9. The van der Waals surface area contributed by atoms with Crippen molar-refractivity contribution in [3.05, 3.63) is 47.6 Å². The molecule has 10 aliphatic heterocycles. The van der Waals surface area contributed by atoms with Crippen LogP contribution in [0, 0.1) is 36.5 Å². The maximum absolute atomic E-state index is 14.1. The van der Waals surface area contributed by atoms with Gasteiger partial charge in [0.05, 0.1) is 67.6 Å². The summed E-state index contributed by atoms with van der Waals surface area (Å²) >= 11 is 0. The Morgan fingerprint density at radius 3 is 2.22 bits per heavy atom. The van der Waals surface area contributed by atoms with Crippen LogP contribution in [0.3, 0.4) is 0 Å². The summed E-state index contributed by atoms with van der Waals surface area (Å²) < 4.78 is 70.7. The molecule has 10 aliphatic rings. The lowest BCUT2D eigenvalue weighted by atomic mass is 9.84. The number of carbonyl (C=O) groups is 2. The maximum atomic E-state index is 14.1. The number of aryl methyl sites for hydroxylation is 2. The molecular formula is C71H113NO14. The molecule has 15 nitrogen and oxygen atoms in total. The molecule has 1 aromatic rings. The first kappa shape index (κ1) is 67.4. The Hall–Kier alpha value is -2.96. The molecule has 11 rings (SSSR count). The van der Waals surface area contributed by atoms with Crippen molar-refractivity contribution < 1.29 is 66.8 Å². The lowest BCUT2D eigenvalue weighted by Crippen LogP contribution is -2.61. The number of fused-ring (bicyclic) bond motifs is 2. The summed E-state index contributed by atoms with van der Waals surface area (Å²) in [5.41, 5.74) is 4.18. The van der Waals surface area contributed by atoms with Gasteiger partial charge in [-0.2, -0.15) is 0 Å². The van der Waals surface area contributed by atoms with Gasteiger partial charge in [-0.25, -0.2) is 4.79 Å². The van der Waals surface area contributed by atoms with Crippen LogP contribution in [0.25, 0.3) is 0 Å². The predicted octanol–water partition coefficient (Wildman–Crippen LogP) is 13.8. The zero-order valence-corrected chi connectivity index (χ0v) is 54.8. The first-order valence-electron chi connectivity index (χ1n) is 34.2. The molecule has 0 aliphatic carbocycles. The minimum atomic E-state index is -0.930. The van der Waals surface area contributed by atoms with E-state index in [1.54, 1.807) is 7.11 Å². The maximum Gasteiger partial charge on any atom is 0.412 e. The van der Waals surface area contributed by atoms with Gasteiger partial charge < -0.3 is 62.5 Å². The number of benzene rings is 1. The first-order chi connectivity index (χ1) is 41.1. The van der Waals surface area contributed by atoms with Crippen LogP contribution in [-0.2, 0) is 53.8 Å².